The van der Waals surface area contributed by atoms with Gasteiger partial charge >= 0.3 is 11.9 Å². The monoisotopic (exact) mass is 449 g/mol. The Kier molecular flexibility index (Phi) is 8.87. The smallest absolute Gasteiger partial charge is 0.348 e. The summed E-state index contributed by atoms with van der Waals surface area (Å²) >= 11 is 0.968. The third-order valence-corrected chi connectivity index (χ3v) is 5.10. The fraction of sp³-hybridized carbons (Fsp3) is 0.409. The van der Waals surface area contributed by atoms with Crippen LogP contribution in [0.25, 0.3) is 0 Å². The molecule has 0 aliphatic carbocycles. The van der Waals surface area contributed by atoms with Crippen LogP contribution in [0.4, 0.5) is 5.00 Å². The van der Waals surface area contributed by atoms with Crippen LogP contribution in [0, 0.1) is 6.92 Å². The zero-order valence-electron chi connectivity index (χ0n) is 18.3. The van der Waals surface area contributed by atoms with Crippen molar-refractivity contribution in [1.82, 2.24) is 0 Å². The van der Waals surface area contributed by atoms with Crippen LogP contribution < -0.4 is 14.8 Å². The van der Waals surface area contributed by atoms with Crippen molar-refractivity contribution in [2.45, 2.75) is 40.7 Å². The zero-order chi connectivity index (χ0) is 23.0. The van der Waals surface area contributed by atoms with Crippen molar-refractivity contribution in [3.8, 4) is 11.5 Å². The number of hydrogen-bond acceptors (Lipinski definition) is 8. The highest BCUT2D eigenvalue weighted by Gasteiger charge is 2.27. The van der Waals surface area contributed by atoms with E-state index in [1.54, 1.807) is 52.0 Å². The molecule has 0 saturated carbocycles. The Hall–Kier alpha value is -3.07. The highest BCUT2D eigenvalue weighted by Crippen LogP contribution is 2.34. The van der Waals surface area contributed by atoms with Crippen molar-refractivity contribution in [3.63, 3.8) is 0 Å². The van der Waals surface area contributed by atoms with Gasteiger partial charge in [-0.15, -0.1) is 11.3 Å². The van der Waals surface area contributed by atoms with Gasteiger partial charge in [0.2, 0.25) is 0 Å². The lowest BCUT2D eigenvalue weighted by atomic mass is 10.1. The second-order valence-corrected chi connectivity index (χ2v) is 7.70. The molecule has 2 rings (SSSR count). The molecule has 0 aliphatic rings. The molecule has 0 unspecified atom stereocenters. The van der Waals surface area contributed by atoms with Gasteiger partial charge in [0.1, 0.15) is 21.4 Å². The van der Waals surface area contributed by atoms with Gasteiger partial charge in [-0.25, -0.2) is 9.59 Å². The predicted molar refractivity (Wildman–Crippen MR) is 117 cm³/mol. The number of ether oxygens (including phenoxy) is 4. The van der Waals surface area contributed by atoms with Gasteiger partial charge in [-0.1, -0.05) is 0 Å². The van der Waals surface area contributed by atoms with Crippen LogP contribution in [0.1, 0.15) is 53.3 Å². The van der Waals surface area contributed by atoms with Crippen LogP contribution in [0.15, 0.2) is 24.3 Å². The lowest BCUT2D eigenvalue weighted by Crippen LogP contribution is -2.21. The number of esters is 2. The van der Waals surface area contributed by atoms with Crippen LogP contribution in [-0.4, -0.2) is 43.8 Å². The van der Waals surface area contributed by atoms with E-state index in [1.165, 1.54) is 0 Å². The summed E-state index contributed by atoms with van der Waals surface area (Å²) in [4.78, 5) is 37.5. The summed E-state index contributed by atoms with van der Waals surface area (Å²) < 4.78 is 21.2. The minimum absolute atomic E-state index is 0.136. The topological polar surface area (TPSA) is 100 Å². The number of nitrogens with one attached hydrogen (secondary N) is 1. The number of carbonyl (C=O) groups is 3. The fourth-order valence-electron chi connectivity index (χ4n) is 2.62. The molecule has 0 aliphatic heterocycles. The molecule has 1 amide bonds. The first-order valence-electron chi connectivity index (χ1n) is 9.93. The van der Waals surface area contributed by atoms with Crippen LogP contribution >= 0.6 is 11.3 Å². The van der Waals surface area contributed by atoms with E-state index in [0.717, 1.165) is 11.3 Å². The maximum absolute atomic E-state index is 12.4. The number of rotatable bonds is 10. The summed E-state index contributed by atoms with van der Waals surface area (Å²) in [5, 5.41) is 2.86. The average Bonchev–Trinajstić information content (AvgIpc) is 3.03. The number of thiophene rings is 1. The summed E-state index contributed by atoms with van der Waals surface area (Å²) in [6.45, 7) is 9.08. The van der Waals surface area contributed by atoms with Gasteiger partial charge in [-0.05, 0) is 64.4 Å². The van der Waals surface area contributed by atoms with Gasteiger partial charge < -0.3 is 24.3 Å². The number of anilines is 1. The summed E-state index contributed by atoms with van der Waals surface area (Å²) in [5.41, 5.74) is 0.536. The van der Waals surface area contributed by atoms with Gasteiger partial charge in [-0.3, -0.25) is 4.79 Å². The molecule has 0 fully saturated rings. The van der Waals surface area contributed by atoms with Crippen molar-refractivity contribution < 1.29 is 33.3 Å². The Morgan fingerprint density at radius 1 is 0.968 bits per heavy atom. The standard InChI is InChI=1S/C22H27NO7S/c1-6-27-15-8-10-16(11-9-15)29-12-17(24)23-20-18(21(25)28-7-2)14(5)19(31-20)22(26)30-13(3)4/h8-11,13H,6-7,12H2,1-5H3,(H,23,24). The number of benzene rings is 1. The molecule has 1 aromatic heterocycles. The lowest BCUT2D eigenvalue weighted by Gasteiger charge is -2.09. The van der Waals surface area contributed by atoms with E-state index in [1.807, 2.05) is 6.92 Å². The number of amides is 1. The van der Waals surface area contributed by atoms with E-state index in [2.05, 4.69) is 5.32 Å². The molecule has 8 nitrogen and oxygen atoms in total. The molecule has 2 aromatic rings. The van der Waals surface area contributed by atoms with E-state index in [9.17, 15) is 14.4 Å². The summed E-state index contributed by atoms with van der Waals surface area (Å²) in [5.74, 6) is -0.470. The SMILES string of the molecule is CCOC(=O)c1c(NC(=O)COc2ccc(OCC)cc2)sc(C(=O)OC(C)C)c1C. The number of hydrogen-bond donors (Lipinski definition) is 1. The maximum atomic E-state index is 12.4. The van der Waals surface area contributed by atoms with Crippen molar-refractivity contribution >= 4 is 34.2 Å². The Morgan fingerprint density at radius 3 is 2.13 bits per heavy atom. The van der Waals surface area contributed by atoms with Crippen molar-refractivity contribution in [2.24, 2.45) is 0 Å². The Bertz CT molecular complexity index is 919. The first kappa shape index (κ1) is 24.2. The Labute approximate surface area is 185 Å². The van der Waals surface area contributed by atoms with E-state index < -0.39 is 17.8 Å². The van der Waals surface area contributed by atoms with Crippen LogP contribution in [0.2, 0.25) is 0 Å². The predicted octanol–water partition coefficient (Wildman–Crippen LogP) is 4.21. The molecule has 0 saturated heterocycles. The summed E-state index contributed by atoms with van der Waals surface area (Å²) in [6, 6.07) is 6.87. The molecule has 0 spiro atoms. The second kappa shape index (κ2) is 11.4. The second-order valence-electron chi connectivity index (χ2n) is 6.68. The highest BCUT2D eigenvalue weighted by molar-refractivity contribution is 7.18. The minimum Gasteiger partial charge on any atom is -0.494 e. The van der Waals surface area contributed by atoms with Gasteiger partial charge in [0.25, 0.3) is 5.91 Å². The van der Waals surface area contributed by atoms with E-state index >= 15 is 0 Å². The Morgan fingerprint density at radius 2 is 1.58 bits per heavy atom. The molecular formula is C22H27NO7S. The van der Waals surface area contributed by atoms with Crippen LogP contribution in [0.3, 0.4) is 0 Å². The van der Waals surface area contributed by atoms with Crippen molar-refractivity contribution in [2.75, 3.05) is 25.1 Å². The van der Waals surface area contributed by atoms with Gasteiger partial charge in [0.05, 0.1) is 24.9 Å². The maximum Gasteiger partial charge on any atom is 0.348 e. The molecule has 1 heterocycles. The lowest BCUT2D eigenvalue weighted by molar-refractivity contribution is -0.118. The zero-order valence-corrected chi connectivity index (χ0v) is 19.1. The number of carbonyl (C=O) groups excluding carboxylic acids is 3. The first-order chi connectivity index (χ1) is 14.8. The van der Waals surface area contributed by atoms with Crippen LogP contribution in [0.5, 0.6) is 11.5 Å². The molecular weight excluding hydrogens is 422 g/mol. The van der Waals surface area contributed by atoms with E-state index in [0.29, 0.717) is 23.7 Å². The van der Waals surface area contributed by atoms with Gasteiger partial charge in [-0.2, -0.15) is 0 Å². The van der Waals surface area contributed by atoms with Crippen LogP contribution in [-0.2, 0) is 14.3 Å². The third kappa shape index (κ3) is 6.71. The molecule has 1 aromatic carbocycles. The molecule has 9 heteroatoms. The molecule has 31 heavy (non-hydrogen) atoms. The largest absolute Gasteiger partial charge is 0.494 e. The fourth-order valence-corrected chi connectivity index (χ4v) is 3.72. The average molecular weight is 450 g/mol. The molecule has 168 valence electrons. The minimum atomic E-state index is -0.623. The third-order valence-electron chi connectivity index (χ3n) is 3.91. The quantitative estimate of drug-likeness (QED) is 0.542. The van der Waals surface area contributed by atoms with Crippen molar-refractivity contribution in [1.29, 1.82) is 0 Å². The van der Waals surface area contributed by atoms with Crippen molar-refractivity contribution in [3.05, 3.63) is 40.3 Å². The first-order valence-corrected chi connectivity index (χ1v) is 10.7. The molecule has 0 bridgehead atoms. The van der Waals surface area contributed by atoms with E-state index in [4.69, 9.17) is 18.9 Å². The summed E-state index contributed by atoms with van der Waals surface area (Å²) in [7, 11) is 0. The highest BCUT2D eigenvalue weighted by atomic mass is 32.1. The normalized spacial score (nSPS) is 10.5. The van der Waals surface area contributed by atoms with Gasteiger partial charge in [0.15, 0.2) is 6.61 Å². The molecule has 0 atom stereocenters. The molecule has 1 N–H and O–H groups in total. The van der Waals surface area contributed by atoms with Gasteiger partial charge in [0, 0.05) is 0 Å². The molecule has 0 radical (unpaired) electrons. The Balaban J connectivity index is 2.14. The summed E-state index contributed by atoms with van der Waals surface area (Å²) in [6.07, 6.45) is -0.319. The van der Waals surface area contributed by atoms with E-state index in [-0.39, 0.29) is 34.8 Å².